The summed E-state index contributed by atoms with van der Waals surface area (Å²) in [4.78, 5) is 64.5. The summed E-state index contributed by atoms with van der Waals surface area (Å²) < 4.78 is 0. The van der Waals surface area contributed by atoms with E-state index in [0.717, 1.165) is 10.9 Å². The van der Waals surface area contributed by atoms with Gasteiger partial charge in [-0.15, -0.1) is 0 Å². The van der Waals surface area contributed by atoms with Crippen molar-refractivity contribution in [3.05, 3.63) is 36.0 Å². The number of aliphatic carboxylic acids is 2. The average Bonchev–Trinajstić information content (AvgIpc) is 3.29. The first-order valence-electron chi connectivity index (χ1n) is 12.3. The number of hydrogen-bond donors (Lipinski definition) is 8. The van der Waals surface area contributed by atoms with Gasteiger partial charge in [0.25, 0.3) is 0 Å². The summed E-state index contributed by atoms with van der Waals surface area (Å²) >= 11 is 1.41. The van der Waals surface area contributed by atoms with Crippen LogP contribution in [0.1, 0.15) is 31.7 Å². The number of amides is 3. The Morgan fingerprint density at radius 1 is 0.974 bits per heavy atom. The second-order valence-electron chi connectivity index (χ2n) is 9.07. The van der Waals surface area contributed by atoms with Crippen molar-refractivity contribution in [3.8, 4) is 0 Å². The third kappa shape index (κ3) is 9.57. The summed E-state index contributed by atoms with van der Waals surface area (Å²) in [7, 11) is 0. The molecule has 214 valence electrons. The van der Waals surface area contributed by atoms with Gasteiger partial charge >= 0.3 is 11.9 Å². The van der Waals surface area contributed by atoms with Crippen molar-refractivity contribution < 1.29 is 39.3 Å². The lowest BCUT2D eigenvalue weighted by molar-refractivity contribution is -0.145. The number of aliphatic hydroxyl groups excluding tert-OH is 1. The van der Waals surface area contributed by atoms with Crippen LogP contribution in [0, 0.1) is 0 Å². The van der Waals surface area contributed by atoms with Crippen molar-refractivity contribution in [2.45, 2.75) is 62.9 Å². The highest BCUT2D eigenvalue weighted by molar-refractivity contribution is 7.98. The summed E-state index contributed by atoms with van der Waals surface area (Å²) in [5, 5.41) is 36.2. The van der Waals surface area contributed by atoms with Crippen LogP contribution < -0.4 is 21.7 Å². The van der Waals surface area contributed by atoms with Crippen LogP contribution in [0.3, 0.4) is 0 Å². The predicted molar refractivity (Wildman–Crippen MR) is 145 cm³/mol. The molecule has 2 rings (SSSR count). The summed E-state index contributed by atoms with van der Waals surface area (Å²) in [6.45, 7) is 1.22. The molecule has 0 spiro atoms. The van der Waals surface area contributed by atoms with E-state index in [-0.39, 0.29) is 25.7 Å². The minimum Gasteiger partial charge on any atom is -0.481 e. The fourth-order valence-corrected chi connectivity index (χ4v) is 4.31. The third-order valence-corrected chi connectivity index (χ3v) is 6.67. The number of hydrogen-bond acceptors (Lipinski definition) is 8. The van der Waals surface area contributed by atoms with E-state index in [1.165, 1.54) is 18.7 Å². The summed E-state index contributed by atoms with van der Waals surface area (Å²) in [6.07, 6.45) is 1.80. The number of nitrogens with two attached hydrogens (primary N) is 1. The largest absolute Gasteiger partial charge is 0.481 e. The standard InChI is InChI=1S/C25H35N5O8S/c1-13(31)21(25(37)38)30-23(35)18(9-10-39-2)28-24(36)19(29-22(34)16(26)7-8-20(32)33)11-14-12-27-17-6-4-3-5-15(14)17/h3-6,12-13,16,18-19,21,27,31H,7-11,26H2,1-2H3,(H,28,36)(H,29,34)(H,30,35)(H,32,33)(H,37,38). The summed E-state index contributed by atoms with van der Waals surface area (Å²) in [5.41, 5.74) is 7.36. The fraction of sp³-hybridized carbons (Fsp3) is 0.480. The van der Waals surface area contributed by atoms with Crippen LogP contribution in [0.25, 0.3) is 10.9 Å². The number of carbonyl (C=O) groups is 5. The van der Waals surface area contributed by atoms with E-state index in [9.17, 15) is 34.2 Å². The number of aliphatic hydroxyl groups is 1. The Labute approximate surface area is 229 Å². The van der Waals surface area contributed by atoms with Gasteiger partial charge in [0.15, 0.2) is 6.04 Å². The van der Waals surface area contributed by atoms with Gasteiger partial charge in [-0.25, -0.2) is 4.79 Å². The highest BCUT2D eigenvalue weighted by Gasteiger charge is 2.32. The molecule has 0 fully saturated rings. The van der Waals surface area contributed by atoms with Crippen LogP contribution in [0.15, 0.2) is 30.5 Å². The lowest BCUT2D eigenvalue weighted by Crippen LogP contribution is -2.58. The van der Waals surface area contributed by atoms with Crippen LogP contribution in [0.2, 0.25) is 0 Å². The first kappa shape index (κ1) is 31.6. The molecule has 0 saturated carbocycles. The number of aromatic nitrogens is 1. The zero-order valence-corrected chi connectivity index (χ0v) is 22.5. The summed E-state index contributed by atoms with van der Waals surface area (Å²) in [5.74, 6) is -4.37. The SMILES string of the molecule is CSCCC(NC(=O)C(Cc1c[nH]c2ccccc12)NC(=O)C(N)CCC(=O)O)C(=O)NC(C(=O)O)C(C)O. The number of carbonyl (C=O) groups excluding carboxylic acids is 3. The topological polar surface area (TPSA) is 224 Å². The molecule has 0 aliphatic heterocycles. The Kier molecular flexibility index (Phi) is 12.2. The van der Waals surface area contributed by atoms with Gasteiger partial charge in [-0.2, -0.15) is 11.8 Å². The number of nitrogens with one attached hydrogen (secondary N) is 4. The lowest BCUT2D eigenvalue weighted by Gasteiger charge is -2.25. The Morgan fingerprint density at radius 2 is 1.62 bits per heavy atom. The molecule has 2 aromatic rings. The summed E-state index contributed by atoms with van der Waals surface area (Å²) in [6, 6.07) is 2.22. The molecule has 0 aliphatic rings. The number of thioether (sulfide) groups is 1. The number of carboxylic acids is 2. The monoisotopic (exact) mass is 565 g/mol. The Hall–Kier alpha value is -3.62. The van der Waals surface area contributed by atoms with Gasteiger partial charge in [0.1, 0.15) is 12.1 Å². The number of fused-ring (bicyclic) bond motifs is 1. The van der Waals surface area contributed by atoms with E-state index < -0.39 is 59.9 Å². The van der Waals surface area contributed by atoms with Gasteiger partial charge in [-0.3, -0.25) is 19.2 Å². The molecule has 0 bridgehead atoms. The quantitative estimate of drug-likeness (QED) is 0.131. The Bertz CT molecular complexity index is 1170. The zero-order valence-electron chi connectivity index (χ0n) is 21.7. The van der Waals surface area contributed by atoms with Crippen molar-refractivity contribution >= 4 is 52.3 Å². The van der Waals surface area contributed by atoms with E-state index in [2.05, 4.69) is 20.9 Å². The number of H-pyrrole nitrogens is 1. The molecule has 1 aromatic heterocycles. The molecule has 39 heavy (non-hydrogen) atoms. The molecule has 0 aliphatic carbocycles. The highest BCUT2D eigenvalue weighted by atomic mass is 32.2. The van der Waals surface area contributed by atoms with E-state index in [0.29, 0.717) is 11.3 Å². The number of carboxylic acid groups (broad SMARTS) is 2. The Morgan fingerprint density at radius 3 is 2.23 bits per heavy atom. The Balaban J connectivity index is 2.29. The van der Waals surface area contributed by atoms with Crippen molar-refractivity contribution in [2.75, 3.05) is 12.0 Å². The van der Waals surface area contributed by atoms with Crippen LogP contribution in [-0.4, -0.2) is 92.2 Å². The zero-order chi connectivity index (χ0) is 29.1. The van der Waals surface area contributed by atoms with Gasteiger partial charge in [-0.05, 0) is 43.4 Å². The number of benzene rings is 1. The lowest BCUT2D eigenvalue weighted by atomic mass is 10.0. The molecule has 0 saturated heterocycles. The van der Waals surface area contributed by atoms with E-state index >= 15 is 0 Å². The van der Waals surface area contributed by atoms with Crippen molar-refractivity contribution in [1.82, 2.24) is 20.9 Å². The number of para-hydroxylation sites is 1. The van der Waals surface area contributed by atoms with Crippen LogP contribution in [0.4, 0.5) is 0 Å². The predicted octanol–water partition coefficient (Wildman–Crippen LogP) is -0.425. The molecule has 9 N–H and O–H groups in total. The van der Waals surface area contributed by atoms with E-state index in [1.54, 1.807) is 12.5 Å². The molecule has 14 heteroatoms. The molecule has 0 radical (unpaired) electrons. The molecular weight excluding hydrogens is 530 g/mol. The number of aromatic amines is 1. The number of rotatable bonds is 16. The minimum absolute atomic E-state index is 0.0233. The normalized spacial score (nSPS) is 15.0. The maximum Gasteiger partial charge on any atom is 0.328 e. The van der Waals surface area contributed by atoms with Crippen molar-refractivity contribution in [1.29, 1.82) is 0 Å². The van der Waals surface area contributed by atoms with E-state index in [1.807, 2.05) is 24.3 Å². The van der Waals surface area contributed by atoms with Gasteiger partial charge in [0.05, 0.1) is 12.1 Å². The van der Waals surface area contributed by atoms with Crippen molar-refractivity contribution in [2.24, 2.45) is 5.73 Å². The van der Waals surface area contributed by atoms with Gasteiger partial charge in [0.2, 0.25) is 17.7 Å². The molecule has 13 nitrogen and oxygen atoms in total. The average molecular weight is 566 g/mol. The maximum absolute atomic E-state index is 13.4. The second kappa shape index (κ2) is 15.1. The second-order valence-corrected chi connectivity index (χ2v) is 10.1. The molecule has 1 aromatic carbocycles. The fourth-order valence-electron chi connectivity index (χ4n) is 3.84. The first-order chi connectivity index (χ1) is 18.4. The molecule has 5 unspecified atom stereocenters. The smallest absolute Gasteiger partial charge is 0.328 e. The van der Waals surface area contributed by atoms with Crippen LogP contribution in [0.5, 0.6) is 0 Å². The van der Waals surface area contributed by atoms with Crippen LogP contribution >= 0.6 is 11.8 Å². The molecule has 1 heterocycles. The van der Waals surface area contributed by atoms with E-state index in [4.69, 9.17) is 10.8 Å². The third-order valence-electron chi connectivity index (χ3n) is 6.03. The van der Waals surface area contributed by atoms with Gasteiger partial charge < -0.3 is 42.0 Å². The van der Waals surface area contributed by atoms with Gasteiger partial charge in [-0.1, -0.05) is 18.2 Å². The molecular formula is C25H35N5O8S. The first-order valence-corrected chi connectivity index (χ1v) is 13.7. The highest BCUT2D eigenvalue weighted by Crippen LogP contribution is 2.19. The molecule has 5 atom stereocenters. The maximum atomic E-state index is 13.4. The molecule has 3 amide bonds. The minimum atomic E-state index is -1.58. The van der Waals surface area contributed by atoms with Crippen molar-refractivity contribution in [3.63, 3.8) is 0 Å². The van der Waals surface area contributed by atoms with Crippen LogP contribution in [-0.2, 0) is 30.4 Å². The van der Waals surface area contributed by atoms with Gasteiger partial charge in [0, 0.05) is 29.9 Å².